The minimum Gasteiger partial charge on any atom is -0.510 e. The standard InChI is InChI=1S/2C12H20BO12.Ca/c2*14-1-5-7(18)9-11(3-16,20-5)24-13(22-9)23-10-8(19)6(2-15)21-12(10,4-17)25-13;/h2*5-10,14-19H,1-4H2;/q2*-1;+2/t2*5-,6-,7-,8-,9+,10+,11+,12+,13?;/m11./s1. The number of rotatable bonds is 8. The summed E-state index contributed by atoms with van der Waals surface area (Å²) in [7, 11) is 0. The Bertz CT molecular complexity index is 1080. The average Bonchev–Trinajstić information content (AvgIpc) is 3.97. The Morgan fingerprint density at radius 2 is 0.569 bits per heavy atom. The van der Waals surface area contributed by atoms with Crippen LogP contribution in [0.25, 0.3) is 0 Å². The van der Waals surface area contributed by atoms with Crippen molar-refractivity contribution in [1.29, 1.82) is 0 Å². The molecule has 0 aromatic carbocycles. The summed E-state index contributed by atoms with van der Waals surface area (Å²) < 4.78 is 65.8. The number of ether oxygens (including phenoxy) is 4. The van der Waals surface area contributed by atoms with Gasteiger partial charge in [-0.05, 0) is 0 Å². The smallest absolute Gasteiger partial charge is 0.510 e. The molecular formula is C24H40B2CaO24. The van der Waals surface area contributed by atoms with Gasteiger partial charge in [0, 0.05) is 0 Å². The van der Waals surface area contributed by atoms with Gasteiger partial charge in [-0.1, -0.05) is 0 Å². The minimum atomic E-state index is -3.10. The molecule has 0 aliphatic carbocycles. The third kappa shape index (κ3) is 6.00. The maximum Gasteiger partial charge on any atom is 2.00 e. The predicted molar refractivity (Wildman–Crippen MR) is 152 cm³/mol. The van der Waals surface area contributed by atoms with Crippen molar-refractivity contribution in [2.75, 3.05) is 52.9 Å². The van der Waals surface area contributed by atoms with Gasteiger partial charge in [0.05, 0.1) is 52.9 Å². The van der Waals surface area contributed by atoms with Gasteiger partial charge in [0.2, 0.25) is 0 Å². The molecule has 27 heteroatoms. The van der Waals surface area contributed by atoms with E-state index < -0.39 is 163 Å². The van der Waals surface area contributed by atoms with E-state index >= 15 is 0 Å². The molecule has 0 aromatic heterocycles. The van der Waals surface area contributed by atoms with E-state index in [-0.39, 0.29) is 37.7 Å². The van der Waals surface area contributed by atoms with E-state index in [1.165, 1.54) is 0 Å². The summed E-state index contributed by atoms with van der Waals surface area (Å²) in [5.74, 6) is -7.38. The van der Waals surface area contributed by atoms with Crippen molar-refractivity contribution in [2.24, 2.45) is 0 Å². The fraction of sp³-hybridized carbons (Fsp3) is 1.00. The van der Waals surface area contributed by atoms with E-state index in [9.17, 15) is 61.3 Å². The van der Waals surface area contributed by atoms with Gasteiger partial charge < -0.3 is 117 Å². The molecule has 8 heterocycles. The van der Waals surface area contributed by atoms with Crippen LogP contribution in [-0.2, 0) is 56.2 Å². The first-order chi connectivity index (χ1) is 23.8. The van der Waals surface area contributed by atoms with Gasteiger partial charge in [0.25, 0.3) is 0 Å². The summed E-state index contributed by atoms with van der Waals surface area (Å²) in [5.41, 5.74) is 0. The van der Waals surface area contributed by atoms with Crippen molar-refractivity contribution < 1.29 is 117 Å². The summed E-state index contributed by atoms with van der Waals surface area (Å²) in [6.45, 7) is -11.3. The number of aliphatic hydroxyl groups is 12. The maximum absolute atomic E-state index is 10.2. The summed E-state index contributed by atoms with van der Waals surface area (Å²) in [6, 6.07) is 0. The van der Waals surface area contributed by atoms with Crippen LogP contribution in [-0.4, -0.2) is 262 Å². The van der Waals surface area contributed by atoms with E-state index in [1.807, 2.05) is 0 Å². The molecule has 16 atom stereocenters. The molecule has 8 saturated heterocycles. The molecule has 12 N–H and O–H groups in total. The molecule has 0 aromatic rings. The zero-order chi connectivity index (χ0) is 36.1. The third-order valence-electron chi connectivity index (χ3n) is 10.1. The minimum absolute atomic E-state index is 0. The fourth-order valence-electron chi connectivity index (χ4n) is 7.78. The van der Waals surface area contributed by atoms with Crippen LogP contribution in [0.1, 0.15) is 0 Å². The summed E-state index contributed by atoms with van der Waals surface area (Å²) >= 11 is 0. The molecule has 0 saturated carbocycles. The van der Waals surface area contributed by atoms with Gasteiger partial charge >= 0.3 is 51.7 Å². The Labute approximate surface area is 317 Å². The Morgan fingerprint density at radius 3 is 0.706 bits per heavy atom. The molecule has 288 valence electrons. The summed E-state index contributed by atoms with van der Waals surface area (Å²) in [6.07, 6.45) is -14.5. The first-order valence-corrected chi connectivity index (χ1v) is 15.8. The largest absolute Gasteiger partial charge is 2.00 e. The van der Waals surface area contributed by atoms with E-state index in [2.05, 4.69) is 0 Å². The SMILES string of the molecule is OC[C@H]1O[C@@]2(CO)O[B-]3(O[C@H]2[C@@H]1O)O[C@H]1[C@H](O)[C@@H](CO)O[C@@]1(CO)O3.OC[C@H]1O[C@@]2(CO)O[B-]3(O[C@H]2[C@@H]1O)O[C@H]1[C@H](O)[C@@H](CO)O[C@@]1(CO)O3.[Ca+2]. The van der Waals surface area contributed by atoms with Crippen LogP contribution in [0.4, 0.5) is 0 Å². The van der Waals surface area contributed by atoms with Crippen LogP contribution >= 0.6 is 0 Å². The fourth-order valence-corrected chi connectivity index (χ4v) is 7.78. The van der Waals surface area contributed by atoms with Crippen molar-refractivity contribution in [3.8, 4) is 0 Å². The van der Waals surface area contributed by atoms with Crippen LogP contribution in [0.15, 0.2) is 0 Å². The molecule has 0 unspecified atom stereocenters. The third-order valence-corrected chi connectivity index (χ3v) is 10.1. The van der Waals surface area contributed by atoms with Crippen molar-refractivity contribution in [2.45, 2.75) is 96.4 Å². The first-order valence-electron chi connectivity index (χ1n) is 15.8. The topological polar surface area (TPSA) is 354 Å². The zero-order valence-electron chi connectivity index (χ0n) is 26.7. The van der Waals surface area contributed by atoms with Crippen LogP contribution in [0.5, 0.6) is 0 Å². The predicted octanol–water partition coefficient (Wildman–Crippen LogP) is -10.1. The molecule has 8 aliphatic rings. The van der Waals surface area contributed by atoms with Gasteiger partial charge in [-0.3, -0.25) is 0 Å². The van der Waals surface area contributed by atoms with E-state index in [0.29, 0.717) is 0 Å². The van der Waals surface area contributed by atoms with Crippen LogP contribution in [0.3, 0.4) is 0 Å². The molecule has 0 bridgehead atoms. The van der Waals surface area contributed by atoms with Crippen molar-refractivity contribution >= 4 is 51.7 Å². The normalized spacial score (nSPS) is 52.5. The molecule has 2 spiro atoms. The molecule has 8 rings (SSSR count). The molecule has 0 radical (unpaired) electrons. The van der Waals surface area contributed by atoms with E-state index in [0.717, 1.165) is 0 Å². The Balaban J connectivity index is 0.000000172. The van der Waals surface area contributed by atoms with Crippen molar-refractivity contribution in [3.05, 3.63) is 0 Å². The second-order valence-electron chi connectivity index (χ2n) is 13.1. The molecular weight excluding hydrogens is 734 g/mol. The molecule has 24 nitrogen and oxygen atoms in total. The Kier molecular flexibility index (Phi) is 11.6. The van der Waals surface area contributed by atoms with Crippen molar-refractivity contribution in [1.82, 2.24) is 0 Å². The number of aliphatic hydroxyl groups excluding tert-OH is 12. The number of hydrogen-bond acceptors (Lipinski definition) is 24. The Morgan fingerprint density at radius 1 is 0.373 bits per heavy atom. The summed E-state index contributed by atoms with van der Waals surface area (Å²) in [4.78, 5) is 0. The molecule has 0 amide bonds. The zero-order valence-corrected chi connectivity index (χ0v) is 28.9. The Hall–Kier alpha value is 0.430. The van der Waals surface area contributed by atoms with Crippen LogP contribution in [0.2, 0.25) is 0 Å². The quantitative estimate of drug-likeness (QED) is 0.102. The van der Waals surface area contributed by atoms with E-state index in [1.54, 1.807) is 0 Å². The average molecular weight is 774 g/mol. The number of fused-ring (bicyclic) bond motifs is 4. The monoisotopic (exact) mass is 774 g/mol. The second kappa shape index (κ2) is 14.4. The van der Waals surface area contributed by atoms with E-state index in [4.69, 9.17) is 56.2 Å². The first kappa shape index (κ1) is 41.1. The molecule has 51 heavy (non-hydrogen) atoms. The van der Waals surface area contributed by atoms with Crippen LogP contribution in [0, 0.1) is 0 Å². The van der Waals surface area contributed by atoms with Gasteiger partial charge in [0.1, 0.15) is 73.2 Å². The second-order valence-corrected chi connectivity index (χ2v) is 13.1. The van der Waals surface area contributed by atoms with Gasteiger partial charge in [-0.25, -0.2) is 0 Å². The van der Waals surface area contributed by atoms with Gasteiger partial charge in [-0.2, -0.15) is 0 Å². The van der Waals surface area contributed by atoms with Gasteiger partial charge in [0.15, 0.2) is 23.1 Å². The maximum atomic E-state index is 10.2. The van der Waals surface area contributed by atoms with Crippen LogP contribution < -0.4 is 0 Å². The number of hydrogen-bond donors (Lipinski definition) is 12. The van der Waals surface area contributed by atoms with Gasteiger partial charge in [-0.15, -0.1) is 0 Å². The molecule has 8 aliphatic heterocycles. The van der Waals surface area contributed by atoms with Crippen molar-refractivity contribution in [3.63, 3.8) is 0 Å². The summed E-state index contributed by atoms with van der Waals surface area (Å²) in [5, 5.41) is 116. The molecule has 8 fully saturated rings.